The van der Waals surface area contributed by atoms with E-state index in [-0.39, 0.29) is 23.5 Å². The lowest BCUT2D eigenvalue weighted by Crippen LogP contribution is -2.06. The molecule has 0 aliphatic rings. The Bertz CT molecular complexity index is 707. The first-order chi connectivity index (χ1) is 9.93. The number of Topliss-reactive ketones (excluding diaryl/α,β-unsaturated/α-hetero) is 1. The third kappa shape index (κ3) is 2.99. The zero-order valence-corrected chi connectivity index (χ0v) is 12.0. The monoisotopic (exact) mass is 290 g/mol. The van der Waals surface area contributed by atoms with Crippen LogP contribution in [0.2, 0.25) is 0 Å². The van der Waals surface area contributed by atoms with Crippen LogP contribution in [0.4, 0.5) is 4.39 Å². The molecule has 0 N–H and O–H groups in total. The standard InChI is InChI=1S/C15H15FN2O3/c1-4-21-15(20)11-7-17-18(8-11)14-5-9(2)13(16)6-12(14)10(3)19/h5-8H,4H2,1-3H3. The lowest BCUT2D eigenvalue weighted by atomic mass is 10.1. The molecule has 2 rings (SSSR count). The summed E-state index contributed by atoms with van der Waals surface area (Å²) in [6, 6.07) is 2.70. The van der Waals surface area contributed by atoms with Crippen molar-refractivity contribution >= 4 is 11.8 Å². The van der Waals surface area contributed by atoms with Crippen molar-refractivity contribution < 1.29 is 18.7 Å². The van der Waals surface area contributed by atoms with Crippen molar-refractivity contribution in [2.45, 2.75) is 20.8 Å². The fourth-order valence-electron chi connectivity index (χ4n) is 1.91. The highest BCUT2D eigenvalue weighted by Crippen LogP contribution is 2.20. The molecule has 0 aliphatic heterocycles. The molecule has 1 aromatic carbocycles. The summed E-state index contributed by atoms with van der Waals surface area (Å²) in [6.45, 7) is 4.92. The van der Waals surface area contributed by atoms with Gasteiger partial charge < -0.3 is 4.74 Å². The van der Waals surface area contributed by atoms with Gasteiger partial charge >= 0.3 is 5.97 Å². The zero-order chi connectivity index (χ0) is 15.6. The topological polar surface area (TPSA) is 61.2 Å². The van der Waals surface area contributed by atoms with E-state index in [9.17, 15) is 14.0 Å². The Labute approximate surface area is 121 Å². The fourth-order valence-corrected chi connectivity index (χ4v) is 1.91. The van der Waals surface area contributed by atoms with Gasteiger partial charge in [-0.1, -0.05) is 0 Å². The van der Waals surface area contributed by atoms with Gasteiger partial charge in [0.2, 0.25) is 0 Å². The number of hydrogen-bond acceptors (Lipinski definition) is 4. The molecule has 0 saturated carbocycles. The molecule has 1 heterocycles. The number of hydrogen-bond donors (Lipinski definition) is 0. The maximum Gasteiger partial charge on any atom is 0.341 e. The summed E-state index contributed by atoms with van der Waals surface area (Å²) < 4.78 is 19.9. The summed E-state index contributed by atoms with van der Waals surface area (Å²) in [5.74, 6) is -1.23. The molecule has 0 radical (unpaired) electrons. The van der Waals surface area contributed by atoms with Crippen molar-refractivity contribution in [1.82, 2.24) is 9.78 Å². The van der Waals surface area contributed by atoms with Crippen LogP contribution in [0.25, 0.3) is 5.69 Å². The number of ketones is 1. The number of carbonyl (C=O) groups excluding carboxylic acids is 2. The second-order valence-electron chi connectivity index (χ2n) is 4.57. The van der Waals surface area contributed by atoms with Gasteiger partial charge in [-0.25, -0.2) is 13.9 Å². The second kappa shape index (κ2) is 5.87. The summed E-state index contributed by atoms with van der Waals surface area (Å²) in [6.07, 6.45) is 2.80. The van der Waals surface area contributed by atoms with Crippen LogP contribution in [-0.2, 0) is 4.74 Å². The van der Waals surface area contributed by atoms with Crippen LogP contribution in [0.15, 0.2) is 24.5 Å². The number of aromatic nitrogens is 2. The summed E-state index contributed by atoms with van der Waals surface area (Å²) in [4.78, 5) is 23.3. The normalized spacial score (nSPS) is 10.5. The van der Waals surface area contributed by atoms with Gasteiger partial charge in [0, 0.05) is 11.8 Å². The Balaban J connectivity index is 2.49. The Morgan fingerprint density at radius 3 is 2.71 bits per heavy atom. The van der Waals surface area contributed by atoms with Gasteiger partial charge in [0.1, 0.15) is 5.82 Å². The molecule has 0 bridgehead atoms. The Morgan fingerprint density at radius 2 is 2.10 bits per heavy atom. The van der Waals surface area contributed by atoms with Crippen LogP contribution >= 0.6 is 0 Å². The molecule has 0 aliphatic carbocycles. The van der Waals surface area contributed by atoms with E-state index in [0.717, 1.165) is 0 Å². The Kier molecular flexibility index (Phi) is 4.16. The van der Waals surface area contributed by atoms with E-state index in [2.05, 4.69) is 5.10 Å². The fraction of sp³-hybridized carbons (Fsp3) is 0.267. The highest BCUT2D eigenvalue weighted by Gasteiger charge is 2.16. The van der Waals surface area contributed by atoms with E-state index in [1.54, 1.807) is 13.8 Å². The number of aryl methyl sites for hydroxylation is 1. The third-order valence-electron chi connectivity index (χ3n) is 3.00. The first-order valence-electron chi connectivity index (χ1n) is 6.47. The van der Waals surface area contributed by atoms with E-state index in [1.165, 1.54) is 36.1 Å². The minimum absolute atomic E-state index is 0.205. The van der Waals surface area contributed by atoms with Gasteiger partial charge in [-0.2, -0.15) is 5.10 Å². The number of nitrogens with zero attached hydrogens (tertiary/aromatic N) is 2. The summed E-state index contributed by atoms with van der Waals surface area (Å²) >= 11 is 0. The van der Waals surface area contributed by atoms with Crippen molar-refractivity contribution in [2.24, 2.45) is 0 Å². The lowest BCUT2D eigenvalue weighted by molar-refractivity contribution is 0.0526. The van der Waals surface area contributed by atoms with Gasteiger partial charge in [-0.3, -0.25) is 4.79 Å². The number of rotatable bonds is 4. The quantitative estimate of drug-likeness (QED) is 0.641. The summed E-state index contributed by atoms with van der Waals surface area (Å²) in [7, 11) is 0. The van der Waals surface area contributed by atoms with Crippen LogP contribution < -0.4 is 0 Å². The number of ether oxygens (including phenoxy) is 1. The highest BCUT2D eigenvalue weighted by molar-refractivity contribution is 5.98. The number of carbonyl (C=O) groups is 2. The molecular formula is C15H15FN2O3. The molecule has 6 heteroatoms. The summed E-state index contributed by atoms with van der Waals surface area (Å²) in [5.41, 5.74) is 1.30. The van der Waals surface area contributed by atoms with Gasteiger partial charge in [0.25, 0.3) is 0 Å². The van der Waals surface area contributed by atoms with E-state index < -0.39 is 11.8 Å². The summed E-state index contributed by atoms with van der Waals surface area (Å²) in [5, 5.41) is 4.04. The molecule has 1 aromatic heterocycles. The zero-order valence-electron chi connectivity index (χ0n) is 12.0. The molecule has 0 unspecified atom stereocenters. The highest BCUT2D eigenvalue weighted by atomic mass is 19.1. The Hall–Kier alpha value is -2.50. The average molecular weight is 290 g/mol. The molecule has 0 saturated heterocycles. The van der Waals surface area contributed by atoms with Crippen LogP contribution in [0, 0.1) is 12.7 Å². The predicted molar refractivity (Wildman–Crippen MR) is 74.2 cm³/mol. The molecule has 0 atom stereocenters. The number of benzene rings is 1. The molecule has 110 valence electrons. The maximum atomic E-state index is 13.6. The molecule has 5 nitrogen and oxygen atoms in total. The third-order valence-corrected chi connectivity index (χ3v) is 3.00. The minimum atomic E-state index is -0.494. The number of halogens is 1. The van der Waals surface area contributed by atoms with Crippen molar-refractivity contribution in [1.29, 1.82) is 0 Å². The molecule has 0 amide bonds. The van der Waals surface area contributed by atoms with Gasteiger partial charge in [0.15, 0.2) is 5.78 Å². The molecule has 0 fully saturated rings. The molecule has 2 aromatic rings. The van der Waals surface area contributed by atoms with E-state index >= 15 is 0 Å². The maximum absolute atomic E-state index is 13.6. The first-order valence-corrected chi connectivity index (χ1v) is 6.47. The SMILES string of the molecule is CCOC(=O)c1cnn(-c2cc(C)c(F)cc2C(C)=O)c1. The smallest absolute Gasteiger partial charge is 0.341 e. The predicted octanol–water partition coefficient (Wildman–Crippen LogP) is 2.70. The average Bonchev–Trinajstić information content (AvgIpc) is 2.91. The van der Waals surface area contributed by atoms with Crippen molar-refractivity contribution in [2.75, 3.05) is 6.61 Å². The Morgan fingerprint density at radius 1 is 1.38 bits per heavy atom. The number of esters is 1. The van der Waals surface area contributed by atoms with E-state index in [4.69, 9.17) is 4.74 Å². The van der Waals surface area contributed by atoms with Crippen molar-refractivity contribution in [3.8, 4) is 5.69 Å². The van der Waals surface area contributed by atoms with E-state index in [1.807, 2.05) is 0 Å². The van der Waals surface area contributed by atoms with Crippen molar-refractivity contribution in [3.05, 3.63) is 47.0 Å². The van der Waals surface area contributed by atoms with Crippen LogP contribution in [0.3, 0.4) is 0 Å². The minimum Gasteiger partial charge on any atom is -0.462 e. The molecule has 21 heavy (non-hydrogen) atoms. The van der Waals surface area contributed by atoms with Gasteiger partial charge in [-0.05, 0) is 38.5 Å². The first kappa shape index (κ1) is 14.9. The van der Waals surface area contributed by atoms with Gasteiger partial charge in [0.05, 0.1) is 24.1 Å². The second-order valence-corrected chi connectivity index (χ2v) is 4.57. The largest absolute Gasteiger partial charge is 0.462 e. The van der Waals surface area contributed by atoms with Crippen LogP contribution in [-0.4, -0.2) is 28.1 Å². The van der Waals surface area contributed by atoms with Crippen molar-refractivity contribution in [3.63, 3.8) is 0 Å². The molecular weight excluding hydrogens is 275 g/mol. The lowest BCUT2D eigenvalue weighted by Gasteiger charge is -2.09. The molecule has 0 spiro atoms. The van der Waals surface area contributed by atoms with Crippen LogP contribution in [0.5, 0.6) is 0 Å². The van der Waals surface area contributed by atoms with Crippen LogP contribution in [0.1, 0.15) is 40.1 Å². The van der Waals surface area contributed by atoms with Gasteiger partial charge in [-0.15, -0.1) is 0 Å². The van der Waals surface area contributed by atoms with E-state index in [0.29, 0.717) is 11.3 Å².